The van der Waals surface area contributed by atoms with Gasteiger partial charge in [-0.25, -0.2) is 4.79 Å². The molecule has 1 atom stereocenters. The van der Waals surface area contributed by atoms with Crippen molar-refractivity contribution in [3.05, 3.63) is 18.0 Å². The molecule has 1 aromatic heterocycles. The van der Waals surface area contributed by atoms with Crippen LogP contribution in [-0.2, 0) is 20.9 Å². The number of hydrogen-bond donors (Lipinski definition) is 1. The summed E-state index contributed by atoms with van der Waals surface area (Å²) in [5.41, 5.74) is 1.18. The van der Waals surface area contributed by atoms with E-state index in [4.69, 9.17) is 14.6 Å². The largest absolute Gasteiger partial charge is 0.490 e. The molecule has 0 aromatic carbocycles. The van der Waals surface area contributed by atoms with Crippen molar-refractivity contribution in [3.8, 4) is 0 Å². The predicted molar refractivity (Wildman–Crippen MR) is 109 cm³/mol. The molecular weight excluding hydrogens is 429 g/mol. The summed E-state index contributed by atoms with van der Waals surface area (Å²) in [5, 5.41) is 11.7. The van der Waals surface area contributed by atoms with Gasteiger partial charge in [-0.15, -0.1) is 0 Å². The zero-order valence-electron chi connectivity index (χ0n) is 18.1. The van der Waals surface area contributed by atoms with E-state index < -0.39 is 12.1 Å². The summed E-state index contributed by atoms with van der Waals surface area (Å²) in [6.45, 7) is 6.52. The van der Waals surface area contributed by atoms with Crippen LogP contribution in [0.15, 0.2) is 12.3 Å². The Hall–Kier alpha value is -2.14. The van der Waals surface area contributed by atoms with Crippen LogP contribution in [0.5, 0.6) is 0 Å². The van der Waals surface area contributed by atoms with Crippen molar-refractivity contribution < 1.29 is 32.6 Å². The van der Waals surface area contributed by atoms with Gasteiger partial charge in [0, 0.05) is 38.4 Å². The zero-order chi connectivity index (χ0) is 23.1. The highest BCUT2D eigenvalue weighted by atomic mass is 19.4. The second-order valence-electron chi connectivity index (χ2n) is 8.52. The van der Waals surface area contributed by atoms with E-state index in [1.54, 1.807) is 0 Å². The van der Waals surface area contributed by atoms with Crippen LogP contribution in [0.25, 0.3) is 0 Å². The average Bonchev–Trinajstić information content (AvgIpc) is 3.27. The van der Waals surface area contributed by atoms with Crippen molar-refractivity contribution in [1.29, 1.82) is 0 Å². The lowest BCUT2D eigenvalue weighted by atomic mass is 9.97. The molecule has 0 aliphatic carbocycles. The highest BCUT2D eigenvalue weighted by Gasteiger charge is 2.38. The molecule has 1 aromatic rings. The van der Waals surface area contributed by atoms with Crippen molar-refractivity contribution in [2.45, 2.75) is 57.3 Å². The van der Waals surface area contributed by atoms with E-state index >= 15 is 0 Å². The van der Waals surface area contributed by atoms with Gasteiger partial charge < -0.3 is 19.6 Å². The van der Waals surface area contributed by atoms with Gasteiger partial charge in [-0.2, -0.15) is 18.3 Å². The number of likely N-dealkylation sites (tertiary alicyclic amines) is 1. The average molecular weight is 460 g/mol. The summed E-state index contributed by atoms with van der Waals surface area (Å²) in [7, 11) is 0. The van der Waals surface area contributed by atoms with Crippen molar-refractivity contribution in [3.63, 3.8) is 0 Å². The fraction of sp³-hybridized carbons (Fsp3) is 0.762. The number of aliphatic carboxylic acids is 1. The van der Waals surface area contributed by atoms with Gasteiger partial charge in [0.25, 0.3) is 0 Å². The van der Waals surface area contributed by atoms with Gasteiger partial charge >= 0.3 is 12.1 Å². The summed E-state index contributed by atoms with van der Waals surface area (Å²) in [6.07, 6.45) is 3.63. The molecule has 2 fully saturated rings. The van der Waals surface area contributed by atoms with Crippen LogP contribution in [0.1, 0.15) is 50.3 Å². The van der Waals surface area contributed by atoms with Crippen molar-refractivity contribution in [2.75, 3.05) is 39.4 Å². The Kier molecular flexibility index (Phi) is 8.52. The second-order valence-corrected chi connectivity index (χ2v) is 8.52. The first-order valence-electron chi connectivity index (χ1n) is 11.2. The lowest BCUT2D eigenvalue weighted by molar-refractivity contribution is -0.192. The second kappa shape index (κ2) is 11.1. The number of piperidine rings is 1. The fourth-order valence-corrected chi connectivity index (χ4v) is 4.49. The molecular formula is C21H31F3N4O4. The van der Waals surface area contributed by atoms with Crippen LogP contribution in [0.2, 0.25) is 0 Å². The maximum atomic E-state index is 13.0. The summed E-state index contributed by atoms with van der Waals surface area (Å²) in [5.74, 6) is -2.29. The number of aromatic nitrogens is 2. The molecule has 1 amide bonds. The minimum Gasteiger partial charge on any atom is -0.475 e. The number of alkyl halides is 3. The molecule has 2 saturated heterocycles. The minimum absolute atomic E-state index is 0.144. The van der Waals surface area contributed by atoms with E-state index in [9.17, 15) is 18.0 Å². The molecule has 3 aliphatic rings. The molecule has 0 bridgehead atoms. The highest BCUT2D eigenvalue weighted by Crippen LogP contribution is 2.27. The SMILES string of the molecule is O=C(C1CCOCC1)N1Cc2ccnn2C(CCN2CCCCC2)C1.O=C(O)C(F)(F)F. The number of ether oxygens (including phenoxy) is 1. The number of fused-ring (bicyclic) bond motifs is 1. The number of rotatable bonds is 4. The molecule has 4 rings (SSSR count). The summed E-state index contributed by atoms with van der Waals surface area (Å²) < 4.78 is 39.3. The van der Waals surface area contributed by atoms with Crippen molar-refractivity contribution in [2.24, 2.45) is 5.92 Å². The number of nitrogens with zero attached hydrogens (tertiary/aromatic N) is 4. The van der Waals surface area contributed by atoms with Gasteiger partial charge in [0.15, 0.2) is 0 Å². The molecule has 0 spiro atoms. The fourth-order valence-electron chi connectivity index (χ4n) is 4.49. The Morgan fingerprint density at radius 3 is 2.44 bits per heavy atom. The molecule has 8 nitrogen and oxygen atoms in total. The number of carbonyl (C=O) groups is 2. The number of carbonyl (C=O) groups excluding carboxylic acids is 1. The van der Waals surface area contributed by atoms with Crippen LogP contribution in [0.3, 0.4) is 0 Å². The van der Waals surface area contributed by atoms with Gasteiger partial charge in [0.2, 0.25) is 5.91 Å². The molecule has 180 valence electrons. The van der Waals surface area contributed by atoms with E-state index in [0.29, 0.717) is 18.5 Å². The van der Waals surface area contributed by atoms with Gasteiger partial charge in [0.1, 0.15) is 0 Å². The first-order valence-corrected chi connectivity index (χ1v) is 11.2. The third kappa shape index (κ3) is 6.68. The van der Waals surface area contributed by atoms with E-state index in [2.05, 4.69) is 25.6 Å². The molecule has 1 unspecified atom stereocenters. The molecule has 32 heavy (non-hydrogen) atoms. The van der Waals surface area contributed by atoms with Gasteiger partial charge in [-0.3, -0.25) is 9.48 Å². The maximum absolute atomic E-state index is 13.0. The van der Waals surface area contributed by atoms with Gasteiger partial charge in [-0.05, 0) is 51.3 Å². The molecule has 0 radical (unpaired) electrons. The number of hydrogen-bond acceptors (Lipinski definition) is 5. The molecule has 3 aliphatic heterocycles. The third-order valence-corrected chi connectivity index (χ3v) is 6.23. The number of amides is 1. The third-order valence-electron chi connectivity index (χ3n) is 6.23. The lowest BCUT2D eigenvalue weighted by Crippen LogP contribution is -2.45. The number of halogens is 3. The molecule has 1 N–H and O–H groups in total. The van der Waals surface area contributed by atoms with Gasteiger partial charge in [-0.1, -0.05) is 6.42 Å². The Bertz CT molecular complexity index is 758. The normalized spacial score (nSPS) is 22.6. The molecule has 0 saturated carbocycles. The summed E-state index contributed by atoms with van der Waals surface area (Å²) >= 11 is 0. The van der Waals surface area contributed by atoms with Crippen LogP contribution in [0, 0.1) is 5.92 Å². The Balaban J connectivity index is 0.000000360. The van der Waals surface area contributed by atoms with Crippen LogP contribution in [0.4, 0.5) is 13.2 Å². The molecule has 4 heterocycles. The van der Waals surface area contributed by atoms with E-state index in [-0.39, 0.29) is 5.92 Å². The minimum atomic E-state index is -5.08. The smallest absolute Gasteiger partial charge is 0.475 e. The van der Waals surface area contributed by atoms with E-state index in [1.807, 2.05) is 6.20 Å². The van der Waals surface area contributed by atoms with Gasteiger partial charge in [0.05, 0.1) is 18.3 Å². The van der Waals surface area contributed by atoms with E-state index in [0.717, 1.165) is 45.6 Å². The maximum Gasteiger partial charge on any atom is 0.490 e. The first kappa shape index (κ1) is 24.5. The first-order chi connectivity index (χ1) is 15.3. The highest BCUT2D eigenvalue weighted by molar-refractivity contribution is 5.79. The predicted octanol–water partition coefficient (Wildman–Crippen LogP) is 2.70. The summed E-state index contributed by atoms with van der Waals surface area (Å²) in [4.78, 5) is 26.5. The quantitative estimate of drug-likeness (QED) is 0.744. The van der Waals surface area contributed by atoms with Crippen LogP contribution in [-0.4, -0.2) is 82.1 Å². The monoisotopic (exact) mass is 460 g/mol. The summed E-state index contributed by atoms with van der Waals surface area (Å²) in [6, 6.07) is 2.38. The Morgan fingerprint density at radius 1 is 1.16 bits per heavy atom. The number of carboxylic acids is 1. The lowest BCUT2D eigenvalue weighted by Gasteiger charge is -2.37. The Morgan fingerprint density at radius 2 is 1.81 bits per heavy atom. The molecule has 11 heteroatoms. The topological polar surface area (TPSA) is 87.9 Å². The van der Waals surface area contributed by atoms with Crippen LogP contribution < -0.4 is 0 Å². The van der Waals surface area contributed by atoms with E-state index in [1.165, 1.54) is 38.0 Å². The zero-order valence-corrected chi connectivity index (χ0v) is 18.1. The van der Waals surface area contributed by atoms with Crippen LogP contribution >= 0.6 is 0 Å². The number of carboxylic acid groups (broad SMARTS) is 1. The van der Waals surface area contributed by atoms with Crippen molar-refractivity contribution in [1.82, 2.24) is 19.6 Å². The van der Waals surface area contributed by atoms with Crippen molar-refractivity contribution >= 4 is 11.9 Å². The standard InChI is InChI=1S/C19H30N4O2.C2HF3O2/c24-19(16-6-12-25-13-7-16)22-14-17-4-8-20-23(17)18(15-22)5-11-21-9-2-1-3-10-21;3-2(4,5)1(6)7/h4,8,16,18H,1-3,5-7,9-15H2;(H,6,7). The Labute approximate surface area is 185 Å².